The summed E-state index contributed by atoms with van der Waals surface area (Å²) in [5.41, 5.74) is 2.76. The maximum atomic E-state index is 9.55. The van der Waals surface area contributed by atoms with Crippen LogP contribution in [0.25, 0.3) is 0 Å². The van der Waals surface area contributed by atoms with E-state index in [1.54, 1.807) is 0 Å². The molecular weight excluding hydrogens is 436 g/mol. The summed E-state index contributed by atoms with van der Waals surface area (Å²) in [6.07, 6.45) is 2.12. The molecule has 1 atom stereocenters. The Kier molecular flexibility index (Phi) is 8.15. The molecule has 0 bridgehead atoms. The maximum absolute atomic E-state index is 9.55. The largest absolute Gasteiger partial charge is 0.478 e. The van der Waals surface area contributed by atoms with Gasteiger partial charge in [0.2, 0.25) is 0 Å². The van der Waals surface area contributed by atoms with Crippen molar-refractivity contribution >= 4 is 35.3 Å². The first-order valence-corrected chi connectivity index (χ1v) is 11.2. The highest BCUT2D eigenvalue weighted by Gasteiger charge is 2.29. The molecule has 1 fully saturated rings. The molecule has 0 aromatic heterocycles. The summed E-state index contributed by atoms with van der Waals surface area (Å²) >= 11 is 8.41. The van der Waals surface area contributed by atoms with Crippen LogP contribution in [-0.4, -0.2) is 65.2 Å². The number of carboxylic acid groups (broad SMARTS) is 2. The van der Waals surface area contributed by atoms with Gasteiger partial charge in [-0.25, -0.2) is 9.59 Å². The first kappa shape index (κ1) is 23.3. The lowest BCUT2D eigenvalue weighted by molar-refractivity contribution is -0.134. The molecule has 2 heterocycles. The molecule has 164 valence electrons. The second-order valence-corrected chi connectivity index (χ2v) is 8.92. The Balaban J connectivity index is 0.000000293. The van der Waals surface area contributed by atoms with Crippen molar-refractivity contribution in [1.82, 2.24) is 9.80 Å². The molecule has 0 amide bonds. The Morgan fingerprint density at radius 1 is 0.968 bits per heavy atom. The van der Waals surface area contributed by atoms with Crippen LogP contribution < -0.4 is 0 Å². The zero-order chi connectivity index (χ0) is 22.4. The summed E-state index contributed by atoms with van der Waals surface area (Å²) in [4.78, 5) is 26.8. The average molecular weight is 461 g/mol. The van der Waals surface area contributed by atoms with E-state index in [9.17, 15) is 9.59 Å². The molecule has 2 aromatic rings. The van der Waals surface area contributed by atoms with Gasteiger partial charge < -0.3 is 15.1 Å². The summed E-state index contributed by atoms with van der Waals surface area (Å²) < 4.78 is 0. The molecule has 2 aromatic carbocycles. The topological polar surface area (TPSA) is 81.1 Å². The number of hydrogen-bond acceptors (Lipinski definition) is 5. The molecule has 0 aliphatic carbocycles. The van der Waals surface area contributed by atoms with E-state index in [0.29, 0.717) is 18.2 Å². The molecule has 8 heteroatoms. The molecule has 0 spiro atoms. The van der Waals surface area contributed by atoms with Gasteiger partial charge in [0.1, 0.15) is 0 Å². The smallest absolute Gasteiger partial charge is 0.328 e. The predicted octanol–water partition coefficient (Wildman–Crippen LogP) is 4.05. The molecule has 6 nitrogen and oxygen atoms in total. The fraction of sp³-hybridized carbons (Fsp3) is 0.304. The minimum atomic E-state index is -1.26. The van der Waals surface area contributed by atoms with Gasteiger partial charge in [-0.2, -0.15) is 0 Å². The average Bonchev–Trinajstić information content (AvgIpc) is 2.91. The van der Waals surface area contributed by atoms with Crippen molar-refractivity contribution < 1.29 is 19.8 Å². The number of rotatable bonds is 3. The predicted molar refractivity (Wildman–Crippen MR) is 122 cm³/mol. The second kappa shape index (κ2) is 10.8. The van der Waals surface area contributed by atoms with Gasteiger partial charge in [0.15, 0.2) is 0 Å². The third-order valence-electron chi connectivity index (χ3n) is 5.32. The molecule has 2 aliphatic heterocycles. The summed E-state index contributed by atoms with van der Waals surface area (Å²) in [6.45, 7) is 4.53. The standard InChI is InChI=1S/C19H21ClN2S.C4H4O4/c1-21-9-11-22(12-10-21)17-13-15-16(20)6-4-8-19(15)23-18-7-3-2-5-14(17)18;5-3(6)1-2-4(7)8/h2-8,17H,9-13H2,1H3;1-2H,(H,5,6)(H,7,8)/b;2-1-. The minimum absolute atomic E-state index is 0.425. The maximum Gasteiger partial charge on any atom is 0.328 e. The van der Waals surface area contributed by atoms with E-state index < -0.39 is 11.9 Å². The summed E-state index contributed by atoms with van der Waals surface area (Å²) in [5.74, 6) is -2.51. The Bertz CT molecular complexity index is 958. The molecule has 1 unspecified atom stereocenters. The molecule has 0 saturated carbocycles. The van der Waals surface area contributed by atoms with Crippen molar-refractivity contribution in [2.75, 3.05) is 33.2 Å². The van der Waals surface area contributed by atoms with Crippen LogP contribution in [0.4, 0.5) is 0 Å². The number of carbonyl (C=O) groups is 2. The summed E-state index contributed by atoms with van der Waals surface area (Å²) in [6, 6.07) is 15.6. The monoisotopic (exact) mass is 460 g/mol. The summed E-state index contributed by atoms with van der Waals surface area (Å²) in [5, 5.41) is 16.5. The van der Waals surface area contributed by atoms with Crippen LogP contribution in [0.5, 0.6) is 0 Å². The van der Waals surface area contributed by atoms with Crippen molar-refractivity contribution in [1.29, 1.82) is 0 Å². The van der Waals surface area contributed by atoms with Crippen LogP contribution >= 0.6 is 23.4 Å². The highest BCUT2D eigenvalue weighted by Crippen LogP contribution is 2.44. The van der Waals surface area contributed by atoms with E-state index in [-0.39, 0.29) is 0 Å². The van der Waals surface area contributed by atoms with Crippen LogP contribution in [0.15, 0.2) is 64.4 Å². The SMILES string of the molecule is CN1CCN(C2Cc3c(Cl)cccc3Sc3ccccc32)CC1.O=C(O)/C=C\C(=O)O. The number of aliphatic carboxylic acids is 2. The van der Waals surface area contributed by atoms with Crippen LogP contribution in [0.2, 0.25) is 5.02 Å². The van der Waals surface area contributed by atoms with E-state index in [0.717, 1.165) is 37.6 Å². The number of likely N-dealkylation sites (N-methyl/N-ethyl adjacent to an activating group) is 1. The quantitative estimate of drug-likeness (QED) is 0.669. The molecule has 1 saturated heterocycles. The van der Waals surface area contributed by atoms with Crippen molar-refractivity contribution in [2.24, 2.45) is 0 Å². The van der Waals surface area contributed by atoms with Crippen molar-refractivity contribution in [3.05, 3.63) is 70.8 Å². The zero-order valence-electron chi connectivity index (χ0n) is 17.2. The van der Waals surface area contributed by atoms with Gasteiger partial charge in [0.25, 0.3) is 0 Å². The van der Waals surface area contributed by atoms with E-state index >= 15 is 0 Å². The number of nitrogens with zero attached hydrogens (tertiary/aromatic N) is 2. The highest BCUT2D eigenvalue weighted by molar-refractivity contribution is 7.99. The number of benzene rings is 2. The van der Waals surface area contributed by atoms with Gasteiger partial charge in [-0.3, -0.25) is 4.90 Å². The summed E-state index contributed by atoms with van der Waals surface area (Å²) in [7, 11) is 2.21. The molecular formula is C23H25ClN2O4S. The van der Waals surface area contributed by atoms with Crippen molar-refractivity contribution in [3.8, 4) is 0 Å². The van der Waals surface area contributed by atoms with E-state index in [1.807, 2.05) is 17.8 Å². The van der Waals surface area contributed by atoms with Gasteiger partial charge in [0.05, 0.1) is 0 Å². The normalized spacial score (nSPS) is 19.0. The van der Waals surface area contributed by atoms with Crippen molar-refractivity contribution in [2.45, 2.75) is 22.3 Å². The molecule has 2 aliphatic rings. The third-order valence-corrected chi connectivity index (χ3v) is 6.87. The molecule has 31 heavy (non-hydrogen) atoms. The lowest BCUT2D eigenvalue weighted by atomic mass is 9.96. The minimum Gasteiger partial charge on any atom is -0.478 e. The highest BCUT2D eigenvalue weighted by atomic mass is 35.5. The van der Waals surface area contributed by atoms with Gasteiger partial charge in [-0.05, 0) is 42.8 Å². The Morgan fingerprint density at radius 3 is 2.23 bits per heavy atom. The molecule has 2 N–H and O–H groups in total. The van der Waals surface area contributed by atoms with Gasteiger partial charge >= 0.3 is 11.9 Å². The first-order chi connectivity index (χ1) is 14.8. The van der Waals surface area contributed by atoms with E-state index in [1.165, 1.54) is 20.9 Å². The fourth-order valence-electron chi connectivity index (χ4n) is 3.71. The molecule has 4 rings (SSSR count). The van der Waals surface area contributed by atoms with Crippen LogP contribution in [0.1, 0.15) is 17.2 Å². The molecule has 0 radical (unpaired) electrons. The number of halogens is 1. The number of carboxylic acids is 2. The van der Waals surface area contributed by atoms with E-state index in [2.05, 4.69) is 53.2 Å². The zero-order valence-corrected chi connectivity index (χ0v) is 18.8. The lowest BCUT2D eigenvalue weighted by Gasteiger charge is -2.38. The Morgan fingerprint density at radius 2 is 1.58 bits per heavy atom. The lowest BCUT2D eigenvalue weighted by Crippen LogP contribution is -2.46. The number of fused-ring (bicyclic) bond motifs is 2. The van der Waals surface area contributed by atoms with Crippen LogP contribution in [-0.2, 0) is 16.0 Å². The number of piperazine rings is 1. The van der Waals surface area contributed by atoms with Crippen LogP contribution in [0, 0.1) is 0 Å². The van der Waals surface area contributed by atoms with Crippen molar-refractivity contribution in [3.63, 3.8) is 0 Å². The van der Waals surface area contributed by atoms with Gasteiger partial charge in [-0.1, -0.05) is 47.6 Å². The van der Waals surface area contributed by atoms with Gasteiger partial charge in [-0.15, -0.1) is 0 Å². The fourth-order valence-corrected chi connectivity index (χ4v) is 5.18. The number of hydrogen-bond donors (Lipinski definition) is 2. The Hall–Kier alpha value is -2.32. The Labute approximate surface area is 191 Å². The van der Waals surface area contributed by atoms with Gasteiger partial charge in [0, 0.05) is 59.2 Å². The van der Waals surface area contributed by atoms with E-state index in [4.69, 9.17) is 21.8 Å². The first-order valence-electron chi connectivity index (χ1n) is 9.96. The third kappa shape index (κ3) is 6.33. The second-order valence-electron chi connectivity index (χ2n) is 7.43. The van der Waals surface area contributed by atoms with Crippen LogP contribution in [0.3, 0.4) is 0 Å².